The number of hydrogen-bond donors (Lipinski definition) is 2. The summed E-state index contributed by atoms with van der Waals surface area (Å²) in [5.41, 5.74) is 0.835. The Morgan fingerprint density at radius 2 is 2.05 bits per heavy atom. The molecule has 2 aromatic heterocycles. The Labute approximate surface area is 119 Å². The van der Waals surface area contributed by atoms with Gasteiger partial charge in [0.05, 0.1) is 6.20 Å². The molecule has 0 spiro atoms. The zero-order chi connectivity index (χ0) is 13.5. The first-order valence-electron chi connectivity index (χ1n) is 5.89. The summed E-state index contributed by atoms with van der Waals surface area (Å²) < 4.78 is 13.8. The van der Waals surface area contributed by atoms with Gasteiger partial charge < -0.3 is 10.6 Å². The van der Waals surface area contributed by atoms with Crippen LogP contribution < -0.4 is 10.6 Å². The molecule has 2 rings (SSSR count). The molecule has 0 aromatic carbocycles. The van der Waals surface area contributed by atoms with Crippen LogP contribution in [0, 0.1) is 5.82 Å². The second-order valence-electron chi connectivity index (χ2n) is 3.98. The first-order chi connectivity index (χ1) is 9.24. The molecule has 0 aliphatic heterocycles. The van der Waals surface area contributed by atoms with E-state index in [9.17, 15) is 4.39 Å². The summed E-state index contributed by atoms with van der Waals surface area (Å²) >= 11 is 3.33. The Bertz CT molecular complexity index is 518. The van der Waals surface area contributed by atoms with Crippen molar-refractivity contribution in [1.29, 1.82) is 0 Å². The van der Waals surface area contributed by atoms with Crippen molar-refractivity contribution in [2.75, 3.05) is 18.4 Å². The molecule has 0 aliphatic rings. The molecule has 0 bridgehead atoms. The van der Waals surface area contributed by atoms with E-state index < -0.39 is 0 Å². The number of aromatic nitrogens is 2. The molecular weight excluding hydrogens is 311 g/mol. The number of halogens is 2. The minimum absolute atomic E-state index is 0.309. The minimum Gasteiger partial charge on any atom is -0.369 e. The molecular formula is C13H14BrFN4. The highest BCUT2D eigenvalue weighted by Crippen LogP contribution is 2.09. The van der Waals surface area contributed by atoms with Gasteiger partial charge in [-0.1, -0.05) is 0 Å². The molecule has 2 aromatic rings. The third-order valence-corrected chi connectivity index (χ3v) is 2.89. The Hall–Kier alpha value is -1.53. The highest BCUT2D eigenvalue weighted by Gasteiger charge is 1.96. The van der Waals surface area contributed by atoms with Crippen LogP contribution in [0.5, 0.6) is 0 Å². The van der Waals surface area contributed by atoms with E-state index in [0.29, 0.717) is 6.54 Å². The fraction of sp³-hybridized carbons (Fsp3) is 0.231. The number of rotatable bonds is 6. The first kappa shape index (κ1) is 13.9. The molecule has 0 unspecified atom stereocenters. The predicted molar refractivity (Wildman–Crippen MR) is 76.3 cm³/mol. The molecule has 19 heavy (non-hydrogen) atoms. The van der Waals surface area contributed by atoms with Crippen molar-refractivity contribution >= 4 is 21.7 Å². The molecule has 0 saturated heterocycles. The Morgan fingerprint density at radius 1 is 1.16 bits per heavy atom. The Morgan fingerprint density at radius 3 is 2.79 bits per heavy atom. The third-order valence-electron chi connectivity index (χ3n) is 2.43. The highest BCUT2D eigenvalue weighted by atomic mass is 79.9. The van der Waals surface area contributed by atoms with Gasteiger partial charge in [0, 0.05) is 36.5 Å². The van der Waals surface area contributed by atoms with Crippen LogP contribution in [-0.4, -0.2) is 23.1 Å². The minimum atomic E-state index is -0.309. The number of anilines is 1. The van der Waals surface area contributed by atoms with Crippen molar-refractivity contribution in [1.82, 2.24) is 15.3 Å². The molecule has 0 saturated carbocycles. The largest absolute Gasteiger partial charge is 0.369 e. The zero-order valence-electron chi connectivity index (χ0n) is 10.2. The van der Waals surface area contributed by atoms with Crippen LogP contribution in [0.3, 0.4) is 0 Å². The summed E-state index contributed by atoms with van der Waals surface area (Å²) in [5.74, 6) is 0.522. The number of pyridine rings is 2. The van der Waals surface area contributed by atoms with E-state index in [4.69, 9.17) is 0 Å². The molecule has 2 heterocycles. The monoisotopic (exact) mass is 324 g/mol. The van der Waals surface area contributed by atoms with Gasteiger partial charge in [0.15, 0.2) is 0 Å². The molecule has 2 N–H and O–H groups in total. The summed E-state index contributed by atoms with van der Waals surface area (Å²) in [5, 5.41) is 6.39. The molecule has 0 fully saturated rings. The van der Waals surface area contributed by atoms with Crippen molar-refractivity contribution in [3.05, 3.63) is 52.6 Å². The Balaban J connectivity index is 1.66. The van der Waals surface area contributed by atoms with E-state index in [0.717, 1.165) is 28.9 Å². The van der Waals surface area contributed by atoms with Crippen LogP contribution in [0.1, 0.15) is 5.56 Å². The van der Waals surface area contributed by atoms with E-state index in [1.807, 2.05) is 12.1 Å². The first-order valence-corrected chi connectivity index (χ1v) is 6.69. The average Bonchev–Trinajstić information content (AvgIpc) is 2.41. The van der Waals surface area contributed by atoms with E-state index in [-0.39, 0.29) is 5.82 Å². The maximum Gasteiger partial charge on any atom is 0.141 e. The fourth-order valence-corrected chi connectivity index (χ4v) is 1.78. The number of hydrogen-bond acceptors (Lipinski definition) is 4. The van der Waals surface area contributed by atoms with E-state index in [2.05, 4.69) is 36.5 Å². The van der Waals surface area contributed by atoms with Gasteiger partial charge in [-0.05, 0) is 39.7 Å². The van der Waals surface area contributed by atoms with Crippen LogP contribution in [-0.2, 0) is 6.54 Å². The molecule has 4 nitrogen and oxygen atoms in total. The summed E-state index contributed by atoms with van der Waals surface area (Å²) in [4.78, 5) is 7.99. The molecule has 6 heteroatoms. The molecule has 0 amide bonds. The van der Waals surface area contributed by atoms with Gasteiger partial charge >= 0.3 is 0 Å². The van der Waals surface area contributed by atoms with E-state index in [1.54, 1.807) is 12.4 Å². The lowest BCUT2D eigenvalue weighted by Gasteiger charge is -2.07. The second kappa shape index (κ2) is 7.16. The highest BCUT2D eigenvalue weighted by molar-refractivity contribution is 9.10. The van der Waals surface area contributed by atoms with E-state index in [1.165, 1.54) is 12.3 Å². The fourth-order valence-electron chi connectivity index (χ4n) is 1.54. The van der Waals surface area contributed by atoms with Crippen LogP contribution in [0.2, 0.25) is 0 Å². The standard InChI is InChI=1S/C13H14BrFN4/c14-11-1-2-13(19-8-11)18-4-3-16-6-10-5-12(15)9-17-7-10/h1-2,5,7-9,16H,3-4,6H2,(H,18,19). The van der Waals surface area contributed by atoms with Crippen molar-refractivity contribution in [2.24, 2.45) is 0 Å². The van der Waals surface area contributed by atoms with Gasteiger partial charge in [-0.25, -0.2) is 9.37 Å². The van der Waals surface area contributed by atoms with E-state index >= 15 is 0 Å². The van der Waals surface area contributed by atoms with Crippen LogP contribution in [0.15, 0.2) is 41.3 Å². The van der Waals surface area contributed by atoms with Gasteiger partial charge in [-0.15, -0.1) is 0 Å². The van der Waals surface area contributed by atoms with Crippen molar-refractivity contribution in [3.63, 3.8) is 0 Å². The van der Waals surface area contributed by atoms with Gasteiger partial charge in [-0.3, -0.25) is 4.98 Å². The number of nitrogens with one attached hydrogen (secondary N) is 2. The van der Waals surface area contributed by atoms with Gasteiger partial charge in [0.2, 0.25) is 0 Å². The molecule has 0 aliphatic carbocycles. The molecule has 0 atom stereocenters. The lowest BCUT2D eigenvalue weighted by Crippen LogP contribution is -2.22. The zero-order valence-corrected chi connectivity index (χ0v) is 11.8. The van der Waals surface area contributed by atoms with Gasteiger partial charge in [-0.2, -0.15) is 0 Å². The summed E-state index contributed by atoms with van der Waals surface area (Å²) in [6, 6.07) is 5.31. The van der Waals surface area contributed by atoms with Crippen molar-refractivity contribution < 1.29 is 4.39 Å². The van der Waals surface area contributed by atoms with Gasteiger partial charge in [0.25, 0.3) is 0 Å². The normalized spacial score (nSPS) is 10.4. The summed E-state index contributed by atoms with van der Waals surface area (Å²) in [7, 11) is 0. The summed E-state index contributed by atoms with van der Waals surface area (Å²) in [6.45, 7) is 2.10. The van der Waals surface area contributed by atoms with Crippen LogP contribution in [0.4, 0.5) is 10.2 Å². The second-order valence-corrected chi connectivity index (χ2v) is 4.89. The molecule has 100 valence electrons. The van der Waals surface area contributed by atoms with Gasteiger partial charge in [0.1, 0.15) is 11.6 Å². The van der Waals surface area contributed by atoms with Crippen molar-refractivity contribution in [3.8, 4) is 0 Å². The Kier molecular flexibility index (Phi) is 5.23. The van der Waals surface area contributed by atoms with Crippen LogP contribution in [0.25, 0.3) is 0 Å². The van der Waals surface area contributed by atoms with Crippen molar-refractivity contribution in [2.45, 2.75) is 6.54 Å². The van der Waals surface area contributed by atoms with Crippen LogP contribution >= 0.6 is 15.9 Å². The lowest BCUT2D eigenvalue weighted by atomic mass is 10.3. The smallest absolute Gasteiger partial charge is 0.141 e. The topological polar surface area (TPSA) is 49.8 Å². The number of nitrogens with zero attached hydrogens (tertiary/aromatic N) is 2. The SMILES string of the molecule is Fc1cncc(CNCCNc2ccc(Br)cn2)c1. The maximum atomic E-state index is 12.9. The molecule has 0 radical (unpaired) electrons. The average molecular weight is 325 g/mol. The quantitative estimate of drug-likeness (QED) is 0.802. The maximum absolute atomic E-state index is 12.9. The predicted octanol–water partition coefficient (Wildman–Crippen LogP) is 2.58. The summed E-state index contributed by atoms with van der Waals surface area (Å²) in [6.07, 6.45) is 4.60. The lowest BCUT2D eigenvalue weighted by molar-refractivity contribution is 0.613. The third kappa shape index (κ3) is 4.92.